The first-order valence-electron chi connectivity index (χ1n) is 8.95. The molecule has 1 amide bonds. The second-order valence-electron chi connectivity index (χ2n) is 6.84. The number of carbonyl (C=O) groups is 1. The van der Waals surface area contributed by atoms with Gasteiger partial charge in [0, 0.05) is 17.4 Å². The predicted molar refractivity (Wildman–Crippen MR) is 115 cm³/mol. The average Bonchev–Trinajstić information content (AvgIpc) is 2.66. The number of nitrogens with zero attached hydrogens (tertiary/aromatic N) is 2. The third-order valence-corrected chi connectivity index (χ3v) is 5.17. The number of hydrogen-bond donors (Lipinski definition) is 2. The van der Waals surface area contributed by atoms with E-state index in [9.17, 15) is 4.79 Å². The number of benzene rings is 2. The van der Waals surface area contributed by atoms with E-state index in [0.29, 0.717) is 0 Å². The standard InChI is InChI=1S/C21H24N4OS/c1-13(2)20(26)22-17-10-8-16(9-11-17)18-12-27-21(25-24-18)23-19-14(3)6-5-7-15(19)4/h5-11,13H,12H2,1-4H3,(H,22,26)(H,23,25). The fourth-order valence-corrected chi connectivity index (χ4v) is 3.41. The Morgan fingerprint density at radius 1 is 1.15 bits per heavy atom. The zero-order valence-electron chi connectivity index (χ0n) is 16.0. The third-order valence-electron chi connectivity index (χ3n) is 4.29. The summed E-state index contributed by atoms with van der Waals surface area (Å²) >= 11 is 1.64. The predicted octanol–water partition coefficient (Wildman–Crippen LogP) is 4.63. The van der Waals surface area contributed by atoms with Crippen molar-refractivity contribution in [1.82, 2.24) is 5.43 Å². The van der Waals surface area contributed by atoms with E-state index < -0.39 is 0 Å². The number of anilines is 1. The topological polar surface area (TPSA) is 65.8 Å². The summed E-state index contributed by atoms with van der Waals surface area (Å²) in [6.07, 6.45) is 0. The van der Waals surface area contributed by atoms with Crippen LogP contribution in [0.15, 0.2) is 52.6 Å². The largest absolute Gasteiger partial charge is 0.326 e. The molecular weight excluding hydrogens is 356 g/mol. The zero-order chi connectivity index (χ0) is 19.4. The van der Waals surface area contributed by atoms with Crippen LogP contribution in [0.2, 0.25) is 0 Å². The van der Waals surface area contributed by atoms with E-state index in [4.69, 9.17) is 4.99 Å². The fourth-order valence-electron chi connectivity index (χ4n) is 2.64. The van der Waals surface area contributed by atoms with Crippen LogP contribution in [0.25, 0.3) is 0 Å². The van der Waals surface area contributed by atoms with Crippen LogP contribution in [-0.4, -0.2) is 22.5 Å². The highest BCUT2D eigenvalue weighted by molar-refractivity contribution is 8.14. The Hall–Kier alpha value is -2.60. The number of nitrogens with one attached hydrogen (secondary N) is 2. The van der Waals surface area contributed by atoms with Gasteiger partial charge in [0.2, 0.25) is 5.91 Å². The van der Waals surface area contributed by atoms with Gasteiger partial charge in [-0.2, -0.15) is 5.10 Å². The molecule has 0 bridgehead atoms. The van der Waals surface area contributed by atoms with E-state index in [0.717, 1.165) is 44.7 Å². The molecule has 0 aliphatic carbocycles. The van der Waals surface area contributed by atoms with Crippen LogP contribution in [0.4, 0.5) is 11.4 Å². The normalized spacial score (nSPS) is 15.4. The molecule has 0 fully saturated rings. The van der Waals surface area contributed by atoms with Gasteiger partial charge in [-0.1, -0.05) is 55.9 Å². The molecule has 0 saturated heterocycles. The van der Waals surface area contributed by atoms with Crippen LogP contribution in [0.1, 0.15) is 30.5 Å². The first-order valence-corrected chi connectivity index (χ1v) is 9.94. The molecular formula is C21H24N4OS. The van der Waals surface area contributed by atoms with E-state index in [1.165, 1.54) is 0 Å². The lowest BCUT2D eigenvalue weighted by atomic mass is 10.1. The smallest absolute Gasteiger partial charge is 0.226 e. The average molecular weight is 381 g/mol. The van der Waals surface area contributed by atoms with Crippen molar-refractivity contribution >= 4 is 39.9 Å². The maximum atomic E-state index is 11.8. The van der Waals surface area contributed by atoms with Crippen molar-refractivity contribution in [3.8, 4) is 0 Å². The van der Waals surface area contributed by atoms with Gasteiger partial charge < -0.3 is 5.32 Å². The molecule has 6 heteroatoms. The van der Waals surface area contributed by atoms with E-state index in [-0.39, 0.29) is 11.8 Å². The molecule has 1 aliphatic rings. The molecule has 3 rings (SSSR count). The van der Waals surface area contributed by atoms with Gasteiger partial charge >= 0.3 is 0 Å². The molecule has 140 valence electrons. The number of aliphatic imine (C=N–C) groups is 1. The molecule has 5 nitrogen and oxygen atoms in total. The molecule has 0 unspecified atom stereocenters. The molecule has 0 aromatic heterocycles. The number of thioether (sulfide) groups is 1. The molecule has 2 aromatic rings. The van der Waals surface area contributed by atoms with Crippen molar-refractivity contribution in [1.29, 1.82) is 0 Å². The Morgan fingerprint density at radius 2 is 1.81 bits per heavy atom. The number of carbonyl (C=O) groups excluding carboxylic acids is 1. The molecule has 1 aliphatic heterocycles. The number of amidine groups is 1. The lowest BCUT2D eigenvalue weighted by molar-refractivity contribution is -0.118. The highest BCUT2D eigenvalue weighted by atomic mass is 32.2. The van der Waals surface area contributed by atoms with Gasteiger partial charge in [-0.05, 0) is 42.7 Å². The third kappa shape index (κ3) is 4.77. The lowest BCUT2D eigenvalue weighted by Gasteiger charge is -2.16. The number of hydrogen-bond acceptors (Lipinski definition) is 4. The quantitative estimate of drug-likeness (QED) is 0.813. The van der Waals surface area contributed by atoms with Crippen molar-refractivity contribution in [3.63, 3.8) is 0 Å². The summed E-state index contributed by atoms with van der Waals surface area (Å²) in [6.45, 7) is 7.88. The Balaban J connectivity index is 1.70. The van der Waals surface area contributed by atoms with E-state index >= 15 is 0 Å². The fraction of sp³-hybridized carbons (Fsp3) is 0.286. The molecule has 0 atom stereocenters. The van der Waals surface area contributed by atoms with Gasteiger partial charge in [0.1, 0.15) is 0 Å². The summed E-state index contributed by atoms with van der Waals surface area (Å²) in [4.78, 5) is 16.5. The van der Waals surface area contributed by atoms with Crippen LogP contribution in [0.3, 0.4) is 0 Å². The van der Waals surface area contributed by atoms with Crippen LogP contribution < -0.4 is 10.7 Å². The Kier molecular flexibility index (Phi) is 5.96. The molecule has 0 spiro atoms. The monoisotopic (exact) mass is 380 g/mol. The van der Waals surface area contributed by atoms with Crippen molar-refractivity contribution < 1.29 is 4.79 Å². The number of rotatable bonds is 4. The van der Waals surface area contributed by atoms with Gasteiger partial charge in [0.05, 0.1) is 11.4 Å². The number of hydrazone groups is 1. The van der Waals surface area contributed by atoms with Crippen LogP contribution in [-0.2, 0) is 4.79 Å². The van der Waals surface area contributed by atoms with Crippen LogP contribution in [0, 0.1) is 19.8 Å². The van der Waals surface area contributed by atoms with Crippen LogP contribution in [0.5, 0.6) is 0 Å². The summed E-state index contributed by atoms with van der Waals surface area (Å²) in [5, 5.41) is 8.18. The molecule has 1 heterocycles. The second kappa shape index (κ2) is 8.39. The summed E-state index contributed by atoms with van der Waals surface area (Å²) in [7, 11) is 0. The Morgan fingerprint density at radius 3 is 2.37 bits per heavy atom. The number of aryl methyl sites for hydroxylation is 2. The van der Waals surface area contributed by atoms with Crippen molar-refractivity contribution in [2.24, 2.45) is 16.0 Å². The van der Waals surface area contributed by atoms with Gasteiger partial charge in [-0.15, -0.1) is 0 Å². The first-order chi connectivity index (χ1) is 12.9. The minimum Gasteiger partial charge on any atom is -0.326 e. The highest BCUT2D eigenvalue weighted by Crippen LogP contribution is 2.25. The van der Waals surface area contributed by atoms with Gasteiger partial charge in [-0.25, -0.2) is 4.99 Å². The van der Waals surface area contributed by atoms with Crippen molar-refractivity contribution in [2.75, 3.05) is 11.1 Å². The van der Waals surface area contributed by atoms with E-state index in [1.807, 2.05) is 44.2 Å². The maximum Gasteiger partial charge on any atom is 0.226 e. The first kappa shape index (κ1) is 19.2. The number of amides is 1. The second-order valence-corrected chi connectivity index (χ2v) is 7.80. The van der Waals surface area contributed by atoms with Gasteiger partial charge in [0.15, 0.2) is 5.17 Å². The van der Waals surface area contributed by atoms with Gasteiger partial charge in [0.25, 0.3) is 0 Å². The molecule has 0 saturated carbocycles. The van der Waals surface area contributed by atoms with Crippen LogP contribution >= 0.6 is 11.8 Å². The number of para-hydroxylation sites is 1. The molecule has 27 heavy (non-hydrogen) atoms. The Bertz CT molecular complexity index is 881. The summed E-state index contributed by atoms with van der Waals surface area (Å²) in [5.41, 5.74) is 9.15. The molecule has 2 aromatic carbocycles. The van der Waals surface area contributed by atoms with Crippen molar-refractivity contribution in [2.45, 2.75) is 27.7 Å². The minimum absolute atomic E-state index is 0.0160. The maximum absolute atomic E-state index is 11.8. The van der Waals surface area contributed by atoms with Gasteiger partial charge in [-0.3, -0.25) is 10.2 Å². The highest BCUT2D eigenvalue weighted by Gasteiger charge is 2.14. The van der Waals surface area contributed by atoms with E-state index in [2.05, 4.69) is 41.8 Å². The Labute approximate surface area is 164 Å². The molecule has 0 radical (unpaired) electrons. The summed E-state index contributed by atoms with van der Waals surface area (Å²) < 4.78 is 0. The summed E-state index contributed by atoms with van der Waals surface area (Å²) in [6, 6.07) is 13.9. The SMILES string of the molecule is Cc1cccc(C)c1N=C1NN=C(c2ccc(NC(=O)C(C)C)cc2)CS1. The molecule has 2 N–H and O–H groups in total. The summed E-state index contributed by atoms with van der Waals surface area (Å²) in [5.74, 6) is 0.721. The van der Waals surface area contributed by atoms with E-state index in [1.54, 1.807) is 11.8 Å². The lowest BCUT2D eigenvalue weighted by Crippen LogP contribution is -2.25. The van der Waals surface area contributed by atoms with Crippen molar-refractivity contribution in [3.05, 3.63) is 59.2 Å². The minimum atomic E-state index is -0.0393. The zero-order valence-corrected chi connectivity index (χ0v) is 16.9.